The van der Waals surface area contributed by atoms with Crippen LogP contribution in [0.25, 0.3) is 0 Å². The van der Waals surface area contributed by atoms with Gasteiger partial charge in [0.25, 0.3) is 0 Å². The predicted octanol–water partition coefficient (Wildman–Crippen LogP) is 2.64. The second-order valence-corrected chi connectivity index (χ2v) is 6.50. The molecule has 0 radical (unpaired) electrons. The summed E-state index contributed by atoms with van der Waals surface area (Å²) in [4.78, 5) is 2.74. The molecule has 0 aromatic carbocycles. The van der Waals surface area contributed by atoms with Crippen LogP contribution in [0.2, 0.25) is 0 Å². The van der Waals surface area contributed by atoms with E-state index < -0.39 is 0 Å². The Balaban J connectivity index is 1.88. The van der Waals surface area contributed by atoms with Gasteiger partial charge in [-0.25, -0.2) is 0 Å². The minimum Gasteiger partial charge on any atom is -0.310 e. The second-order valence-electron chi connectivity index (χ2n) is 6.50. The standard InChI is InChI=1S/C14H28N2/c1-12(2)10-16(13-6-7-13)11-14(3)8-4-5-9-15-14/h12-13,15H,4-11H2,1-3H3. The first kappa shape index (κ1) is 12.4. The number of hydrogen-bond donors (Lipinski definition) is 1. The topological polar surface area (TPSA) is 15.3 Å². The van der Waals surface area contributed by atoms with Gasteiger partial charge in [0, 0.05) is 24.7 Å². The summed E-state index contributed by atoms with van der Waals surface area (Å²) in [6.07, 6.45) is 6.99. The fourth-order valence-corrected chi connectivity index (χ4v) is 2.95. The summed E-state index contributed by atoms with van der Waals surface area (Å²) in [5, 5.41) is 3.74. The maximum absolute atomic E-state index is 3.74. The lowest BCUT2D eigenvalue weighted by molar-refractivity contribution is 0.145. The molecule has 2 heteroatoms. The van der Waals surface area contributed by atoms with Gasteiger partial charge in [-0.15, -0.1) is 0 Å². The van der Waals surface area contributed by atoms with Gasteiger partial charge in [-0.2, -0.15) is 0 Å². The molecule has 1 aliphatic carbocycles. The molecule has 0 spiro atoms. The van der Waals surface area contributed by atoms with E-state index in [1.54, 1.807) is 0 Å². The molecule has 2 nitrogen and oxygen atoms in total. The highest BCUT2D eigenvalue weighted by molar-refractivity contribution is 4.94. The van der Waals surface area contributed by atoms with E-state index in [0.717, 1.165) is 12.0 Å². The minimum atomic E-state index is 0.385. The summed E-state index contributed by atoms with van der Waals surface area (Å²) in [5.74, 6) is 0.799. The lowest BCUT2D eigenvalue weighted by Gasteiger charge is -2.40. The van der Waals surface area contributed by atoms with Gasteiger partial charge < -0.3 is 5.32 Å². The Morgan fingerprint density at radius 2 is 2.06 bits per heavy atom. The Hall–Kier alpha value is -0.0800. The van der Waals surface area contributed by atoms with Crippen molar-refractivity contribution in [2.24, 2.45) is 5.92 Å². The molecule has 2 aliphatic rings. The monoisotopic (exact) mass is 224 g/mol. The van der Waals surface area contributed by atoms with Gasteiger partial charge in [-0.1, -0.05) is 20.3 Å². The summed E-state index contributed by atoms with van der Waals surface area (Å²) >= 11 is 0. The zero-order valence-electron chi connectivity index (χ0n) is 11.3. The van der Waals surface area contributed by atoms with E-state index in [-0.39, 0.29) is 0 Å². The summed E-state index contributed by atoms with van der Waals surface area (Å²) in [5.41, 5.74) is 0.385. The summed E-state index contributed by atoms with van der Waals surface area (Å²) in [6.45, 7) is 10.9. The van der Waals surface area contributed by atoms with Crippen LogP contribution in [0.3, 0.4) is 0 Å². The van der Waals surface area contributed by atoms with Crippen molar-refractivity contribution in [2.45, 2.75) is 64.5 Å². The number of nitrogens with zero attached hydrogens (tertiary/aromatic N) is 1. The van der Waals surface area contributed by atoms with Crippen LogP contribution >= 0.6 is 0 Å². The van der Waals surface area contributed by atoms with Crippen molar-refractivity contribution in [3.63, 3.8) is 0 Å². The Kier molecular flexibility index (Phi) is 3.91. The molecule has 0 bridgehead atoms. The molecular weight excluding hydrogens is 196 g/mol. The molecule has 1 N–H and O–H groups in total. The Morgan fingerprint density at radius 1 is 1.31 bits per heavy atom. The van der Waals surface area contributed by atoms with Crippen molar-refractivity contribution in [3.05, 3.63) is 0 Å². The minimum absolute atomic E-state index is 0.385. The smallest absolute Gasteiger partial charge is 0.0280 e. The van der Waals surface area contributed by atoms with Gasteiger partial charge in [0.2, 0.25) is 0 Å². The summed E-state index contributed by atoms with van der Waals surface area (Å²) in [7, 11) is 0. The molecule has 1 saturated heterocycles. The fourth-order valence-electron chi connectivity index (χ4n) is 2.95. The van der Waals surface area contributed by atoms with Crippen LogP contribution in [0.15, 0.2) is 0 Å². The van der Waals surface area contributed by atoms with E-state index in [0.29, 0.717) is 5.54 Å². The first-order valence-electron chi connectivity index (χ1n) is 7.08. The van der Waals surface area contributed by atoms with Crippen LogP contribution in [0.5, 0.6) is 0 Å². The lowest BCUT2D eigenvalue weighted by Crippen LogP contribution is -2.54. The molecule has 1 aliphatic heterocycles. The van der Waals surface area contributed by atoms with Crippen molar-refractivity contribution in [2.75, 3.05) is 19.6 Å². The van der Waals surface area contributed by atoms with Gasteiger partial charge in [0.05, 0.1) is 0 Å². The van der Waals surface area contributed by atoms with Crippen molar-refractivity contribution in [3.8, 4) is 0 Å². The Bertz CT molecular complexity index is 215. The molecule has 2 fully saturated rings. The van der Waals surface area contributed by atoms with Crippen LogP contribution in [-0.2, 0) is 0 Å². The Labute approximate surface area is 101 Å². The SMILES string of the molecule is CC(C)CN(CC1(C)CCCCN1)C1CC1. The molecule has 1 saturated carbocycles. The average Bonchev–Trinajstić information content (AvgIpc) is 2.99. The van der Waals surface area contributed by atoms with Gasteiger partial charge in [-0.3, -0.25) is 4.90 Å². The molecule has 0 aromatic heterocycles. The number of rotatable bonds is 5. The lowest BCUT2D eigenvalue weighted by atomic mass is 9.90. The highest BCUT2D eigenvalue weighted by Gasteiger charge is 2.35. The first-order chi connectivity index (χ1) is 7.59. The number of nitrogens with one attached hydrogen (secondary N) is 1. The third-order valence-corrected chi connectivity index (χ3v) is 3.92. The molecule has 0 aromatic rings. The van der Waals surface area contributed by atoms with Crippen LogP contribution in [0.1, 0.15) is 52.9 Å². The number of piperidine rings is 1. The average molecular weight is 224 g/mol. The molecule has 1 unspecified atom stereocenters. The van der Waals surface area contributed by atoms with E-state index in [1.165, 1.54) is 51.7 Å². The first-order valence-corrected chi connectivity index (χ1v) is 7.08. The van der Waals surface area contributed by atoms with E-state index in [1.807, 2.05) is 0 Å². The summed E-state index contributed by atoms with van der Waals surface area (Å²) in [6, 6.07) is 0.906. The molecule has 1 heterocycles. The molecular formula is C14H28N2. The number of hydrogen-bond acceptors (Lipinski definition) is 2. The van der Waals surface area contributed by atoms with Crippen molar-refractivity contribution in [1.82, 2.24) is 10.2 Å². The molecule has 0 amide bonds. The van der Waals surface area contributed by atoms with Crippen molar-refractivity contribution >= 4 is 0 Å². The normalized spacial score (nSPS) is 31.3. The third kappa shape index (κ3) is 3.46. The van der Waals surface area contributed by atoms with Crippen LogP contribution < -0.4 is 5.32 Å². The van der Waals surface area contributed by atoms with Crippen molar-refractivity contribution in [1.29, 1.82) is 0 Å². The van der Waals surface area contributed by atoms with E-state index in [9.17, 15) is 0 Å². The Morgan fingerprint density at radius 3 is 2.56 bits per heavy atom. The van der Waals surface area contributed by atoms with Crippen LogP contribution in [-0.4, -0.2) is 36.1 Å². The zero-order valence-corrected chi connectivity index (χ0v) is 11.3. The van der Waals surface area contributed by atoms with Crippen LogP contribution in [0, 0.1) is 5.92 Å². The fraction of sp³-hybridized carbons (Fsp3) is 1.00. The maximum Gasteiger partial charge on any atom is 0.0280 e. The van der Waals surface area contributed by atoms with Gasteiger partial charge >= 0.3 is 0 Å². The largest absolute Gasteiger partial charge is 0.310 e. The molecule has 1 atom stereocenters. The second kappa shape index (κ2) is 5.05. The van der Waals surface area contributed by atoms with E-state index >= 15 is 0 Å². The quantitative estimate of drug-likeness (QED) is 0.772. The molecule has 16 heavy (non-hydrogen) atoms. The highest BCUT2D eigenvalue weighted by Crippen LogP contribution is 2.30. The summed E-state index contributed by atoms with van der Waals surface area (Å²) < 4.78 is 0. The van der Waals surface area contributed by atoms with E-state index in [2.05, 4.69) is 31.0 Å². The highest BCUT2D eigenvalue weighted by atomic mass is 15.2. The van der Waals surface area contributed by atoms with Gasteiger partial charge in [0.15, 0.2) is 0 Å². The van der Waals surface area contributed by atoms with Gasteiger partial charge in [0.1, 0.15) is 0 Å². The van der Waals surface area contributed by atoms with E-state index in [4.69, 9.17) is 0 Å². The molecule has 2 rings (SSSR count). The third-order valence-electron chi connectivity index (χ3n) is 3.92. The predicted molar refractivity (Wildman–Crippen MR) is 69.7 cm³/mol. The van der Waals surface area contributed by atoms with Crippen molar-refractivity contribution < 1.29 is 0 Å². The van der Waals surface area contributed by atoms with Gasteiger partial charge in [-0.05, 0) is 45.1 Å². The zero-order chi connectivity index (χ0) is 11.6. The van der Waals surface area contributed by atoms with Crippen LogP contribution in [0.4, 0.5) is 0 Å². The molecule has 94 valence electrons. The maximum atomic E-state index is 3.74.